The van der Waals surface area contributed by atoms with E-state index in [1.54, 1.807) is 30.3 Å². The fraction of sp³-hybridized carbons (Fsp3) is 0.568. The van der Waals surface area contributed by atoms with Gasteiger partial charge in [-0.2, -0.15) is 0 Å². The van der Waals surface area contributed by atoms with Gasteiger partial charge in [0.05, 0.1) is 38.1 Å². The number of fused-ring (bicyclic) bond motifs is 2. The molecule has 2 aliphatic heterocycles. The fourth-order valence-electron chi connectivity index (χ4n) is 7.33. The van der Waals surface area contributed by atoms with Crippen molar-refractivity contribution in [3.63, 3.8) is 0 Å². The Hall–Kier alpha value is -4.50. The van der Waals surface area contributed by atoms with E-state index in [1.807, 2.05) is 13.1 Å². The number of aliphatic hydroxyl groups is 1. The number of imidazole rings is 2. The molecule has 1 aromatic carbocycles. The van der Waals surface area contributed by atoms with E-state index in [2.05, 4.69) is 96.4 Å². The van der Waals surface area contributed by atoms with Gasteiger partial charge < -0.3 is 23.4 Å². The van der Waals surface area contributed by atoms with Crippen molar-refractivity contribution in [1.29, 1.82) is 0 Å². The summed E-state index contributed by atoms with van der Waals surface area (Å²) in [6.45, 7) is 20.2. The van der Waals surface area contributed by atoms with E-state index >= 15 is 8.78 Å². The molecule has 0 saturated carbocycles. The Morgan fingerprint density at radius 1 is 0.818 bits per heavy atom. The van der Waals surface area contributed by atoms with Crippen LogP contribution in [0.3, 0.4) is 0 Å². The van der Waals surface area contributed by atoms with E-state index in [1.165, 1.54) is 39.3 Å². The van der Waals surface area contributed by atoms with Crippen LogP contribution in [0, 0.1) is 11.8 Å². The van der Waals surface area contributed by atoms with E-state index in [0.717, 1.165) is 0 Å². The van der Waals surface area contributed by atoms with Crippen molar-refractivity contribution in [2.45, 2.75) is 140 Å². The van der Waals surface area contributed by atoms with Crippen LogP contribution in [0.2, 0.25) is 36.3 Å². The van der Waals surface area contributed by atoms with Crippen molar-refractivity contribution in [2.24, 2.45) is 0 Å². The number of carbonyl (C=O) groups excluding carboxylic acids is 1. The number of ether oxygens (including phenoxy) is 2. The number of aryl methyl sites for hydroxylation is 1. The van der Waals surface area contributed by atoms with E-state index in [-0.39, 0.29) is 40.2 Å². The van der Waals surface area contributed by atoms with E-state index in [0.29, 0.717) is 35.3 Å². The number of carbonyl (C=O) groups is 1. The highest BCUT2D eigenvalue weighted by atomic mass is 31.1. The summed E-state index contributed by atoms with van der Waals surface area (Å²) in [5.41, 5.74) is 2.14. The second-order valence-electron chi connectivity index (χ2n) is 19.5. The number of aliphatic hydroxyl groups excluding tert-OH is 1. The molecular weight excluding hydrogens is 908 g/mol. The number of anilines is 1. The van der Waals surface area contributed by atoms with Crippen molar-refractivity contribution in [3.05, 3.63) is 66.9 Å². The van der Waals surface area contributed by atoms with Gasteiger partial charge in [-0.15, -0.1) is 5.92 Å². The van der Waals surface area contributed by atoms with Crippen LogP contribution in [-0.2, 0) is 33.8 Å². The summed E-state index contributed by atoms with van der Waals surface area (Å²) in [7, 11) is -5.36. The van der Waals surface area contributed by atoms with Crippen LogP contribution in [-0.4, -0.2) is 123 Å². The Balaban J connectivity index is 1.09. The molecule has 1 amide bonds. The minimum atomic E-state index is -2.46. The minimum absolute atomic E-state index is 0.0632. The van der Waals surface area contributed by atoms with Gasteiger partial charge in [0.1, 0.15) is 42.6 Å². The van der Waals surface area contributed by atoms with Crippen molar-refractivity contribution < 1.29 is 46.1 Å². The van der Waals surface area contributed by atoms with Gasteiger partial charge in [-0.3, -0.25) is 23.4 Å². The van der Waals surface area contributed by atoms with Gasteiger partial charge in [0.15, 0.2) is 64.1 Å². The number of benzene rings is 1. The van der Waals surface area contributed by atoms with Gasteiger partial charge >= 0.3 is 8.69 Å². The molecular formula is C44H58F2N9O8PSi2. The lowest BCUT2D eigenvalue weighted by Gasteiger charge is -2.39. The molecule has 0 radical (unpaired) electrons. The Labute approximate surface area is 386 Å². The maximum Gasteiger partial charge on any atom is 0.327 e. The highest BCUT2D eigenvalue weighted by Crippen LogP contribution is 2.44. The first kappa shape index (κ1) is 49.4. The van der Waals surface area contributed by atoms with Crippen LogP contribution in [0.15, 0.2) is 55.6 Å². The molecule has 17 nitrogen and oxygen atoms in total. The first-order chi connectivity index (χ1) is 31.2. The molecule has 1 N–H and O–H groups in total. The SMILES string of the molecule is CC(C)(C)[Si](C)(C)OC[C@H]1O[C@@H](n2cnc3c(CCC#CCN(C(=O)c4ccccc4)c4ncnc5c4ncn5C4O[C@H](CO)[C@@H](O[Si](C)(C)C(C)(C)C)[C@H]4F)ncnc32)[C@H](F)[C@@H]1OP=O. The number of hydrogen-bond donors (Lipinski definition) is 1. The molecule has 66 heavy (non-hydrogen) atoms. The van der Waals surface area contributed by atoms with Gasteiger partial charge in [-0.1, -0.05) is 65.7 Å². The van der Waals surface area contributed by atoms with Crippen molar-refractivity contribution in [3.8, 4) is 11.8 Å². The topological polar surface area (TPSA) is 191 Å². The number of nitrogens with zero attached hydrogens (tertiary/aromatic N) is 9. The number of halogens is 2. The summed E-state index contributed by atoms with van der Waals surface area (Å²) in [5.74, 6) is 5.98. The molecule has 354 valence electrons. The van der Waals surface area contributed by atoms with Gasteiger partial charge in [-0.25, -0.2) is 43.2 Å². The molecule has 4 aromatic heterocycles. The van der Waals surface area contributed by atoms with Crippen LogP contribution < -0.4 is 4.90 Å². The zero-order chi connectivity index (χ0) is 47.8. The quantitative estimate of drug-likeness (QED) is 0.0610. The zero-order valence-corrected chi connectivity index (χ0v) is 41.8. The molecule has 2 fully saturated rings. The monoisotopic (exact) mass is 965 g/mol. The second kappa shape index (κ2) is 19.6. The molecule has 8 atom stereocenters. The average Bonchev–Trinajstić information content (AvgIpc) is 4.04. The summed E-state index contributed by atoms with van der Waals surface area (Å²) in [6, 6.07) is 8.65. The van der Waals surface area contributed by atoms with Crippen LogP contribution in [0.25, 0.3) is 22.3 Å². The van der Waals surface area contributed by atoms with Gasteiger partial charge in [0.2, 0.25) is 0 Å². The summed E-state index contributed by atoms with van der Waals surface area (Å²) in [5, 5.41) is 9.93. The Kier molecular flexibility index (Phi) is 14.7. The van der Waals surface area contributed by atoms with Gasteiger partial charge in [0, 0.05) is 18.4 Å². The largest absolute Gasteiger partial charge is 0.414 e. The van der Waals surface area contributed by atoms with Crippen LogP contribution in [0.5, 0.6) is 0 Å². The predicted molar refractivity (Wildman–Crippen MR) is 247 cm³/mol. The van der Waals surface area contributed by atoms with Crippen molar-refractivity contribution in [2.75, 3.05) is 24.7 Å². The summed E-state index contributed by atoms with van der Waals surface area (Å²) in [6.07, 6.45) is -3.60. The van der Waals surface area contributed by atoms with Gasteiger partial charge in [-0.05, 0) is 48.4 Å². The first-order valence-corrected chi connectivity index (χ1v) is 28.4. The molecule has 7 rings (SSSR count). The molecule has 0 bridgehead atoms. The number of alkyl halides is 2. The molecule has 1 unspecified atom stereocenters. The maximum atomic E-state index is 16.4. The molecule has 0 aliphatic carbocycles. The van der Waals surface area contributed by atoms with Gasteiger partial charge in [0.25, 0.3) is 5.91 Å². The Bertz CT molecular complexity index is 2580. The Morgan fingerprint density at radius 2 is 1.41 bits per heavy atom. The number of hydrogen-bond acceptors (Lipinski definition) is 14. The molecule has 22 heteroatoms. The lowest BCUT2D eigenvalue weighted by Crippen LogP contribution is -2.49. The van der Waals surface area contributed by atoms with E-state index in [9.17, 15) is 14.5 Å². The lowest BCUT2D eigenvalue weighted by molar-refractivity contribution is -0.0445. The fourth-order valence-corrected chi connectivity index (χ4v) is 10.0. The number of rotatable bonds is 15. The smallest absolute Gasteiger partial charge is 0.327 e. The Morgan fingerprint density at radius 3 is 2.03 bits per heavy atom. The molecule has 0 spiro atoms. The average molecular weight is 966 g/mol. The lowest BCUT2D eigenvalue weighted by atomic mass is 10.1. The zero-order valence-electron chi connectivity index (χ0n) is 38.9. The summed E-state index contributed by atoms with van der Waals surface area (Å²) < 4.78 is 77.2. The minimum Gasteiger partial charge on any atom is -0.414 e. The third-order valence-corrected chi connectivity index (χ3v) is 22.5. The summed E-state index contributed by atoms with van der Waals surface area (Å²) in [4.78, 5) is 42.4. The molecule has 5 aromatic rings. The van der Waals surface area contributed by atoms with Crippen LogP contribution in [0.4, 0.5) is 14.6 Å². The highest BCUT2D eigenvalue weighted by Gasteiger charge is 2.52. The number of amides is 1. The first-order valence-electron chi connectivity index (χ1n) is 21.9. The second-order valence-corrected chi connectivity index (χ2v) is 29.5. The molecule has 2 saturated heterocycles. The van der Waals surface area contributed by atoms with Crippen molar-refractivity contribution in [1.82, 2.24) is 39.0 Å². The van der Waals surface area contributed by atoms with Crippen molar-refractivity contribution >= 4 is 59.4 Å². The normalized spacial score (nSPS) is 24.0. The highest BCUT2D eigenvalue weighted by molar-refractivity contribution is 7.17. The predicted octanol–water partition coefficient (Wildman–Crippen LogP) is 7.72. The third kappa shape index (κ3) is 9.89. The van der Waals surface area contributed by atoms with E-state index in [4.69, 9.17) is 22.8 Å². The summed E-state index contributed by atoms with van der Waals surface area (Å²) >= 11 is 0. The standard InChI is InChI=1S/C44H58F2N9O8PSi2/c1-43(2,3)65(7,8)59-22-30-35(62-64-58)31(45)41(61-30)54-25-51-33-28(47-23-48-37(33)54)19-15-12-16-20-53(40(57)27-17-13-11-14-18-27)38-34-39(50-24-49-38)55(26-52-34)42-32(46)36(29(21-56)60-42)63-66(9,10)44(4,5)6/h11,13-14,17-18,23-26,29-32,35-36,41-42,56H,15,19-22H2,1-10H3/t29-,30-,31-,32-,35-,36-,41-,42?/m1/s1. The number of aromatic nitrogens is 8. The molecule has 6 heterocycles. The third-order valence-electron chi connectivity index (χ3n) is 13.2. The maximum absolute atomic E-state index is 16.4. The van der Waals surface area contributed by atoms with Crippen LogP contribution >= 0.6 is 8.69 Å². The van der Waals surface area contributed by atoms with Crippen LogP contribution in [0.1, 0.15) is 76.5 Å². The van der Waals surface area contributed by atoms with E-state index < -0.39 is 87.1 Å². The molecule has 2 aliphatic rings.